The molecular weight excluding hydrogens is 380 g/mol. The Balaban J connectivity index is 1.67. The molecular formula is C28H32N2O. The van der Waals surface area contributed by atoms with Gasteiger partial charge in [-0.3, -0.25) is 0 Å². The third-order valence-corrected chi connectivity index (χ3v) is 7.18. The maximum atomic E-state index is 5.46. The highest BCUT2D eigenvalue weighted by Crippen LogP contribution is 2.41. The van der Waals surface area contributed by atoms with Gasteiger partial charge in [-0.15, -0.1) is 0 Å². The van der Waals surface area contributed by atoms with E-state index in [0.717, 1.165) is 23.6 Å². The Morgan fingerprint density at radius 1 is 0.935 bits per heavy atom. The van der Waals surface area contributed by atoms with Crippen molar-refractivity contribution in [1.82, 2.24) is 9.72 Å². The monoisotopic (exact) mass is 412 g/mol. The summed E-state index contributed by atoms with van der Waals surface area (Å²) in [5.41, 5.74) is 8.83. The van der Waals surface area contributed by atoms with Crippen LogP contribution in [-0.4, -0.2) is 9.72 Å². The van der Waals surface area contributed by atoms with E-state index in [1.54, 1.807) is 0 Å². The number of nitrogens with zero attached hydrogens (tertiary/aromatic N) is 2. The quantitative estimate of drug-likeness (QED) is 0.341. The van der Waals surface area contributed by atoms with Crippen LogP contribution in [0.25, 0.3) is 33.2 Å². The average molecular weight is 413 g/mol. The lowest BCUT2D eigenvalue weighted by molar-refractivity contribution is 0.185. The van der Waals surface area contributed by atoms with Gasteiger partial charge in [-0.25, -0.2) is 0 Å². The minimum Gasteiger partial charge on any atom is -0.361 e. The highest BCUT2D eigenvalue weighted by molar-refractivity contribution is 5.98. The standard InChI is InChI=1S/C28H32N2O/c1-19-8-10-22(11-9-19)25-17-30(18-28(4)14-6-5-7-15-28)26-16-23(12-13-24(25)26)27-20(2)29-31-21(27)3/h8-13,16-17H,5-7,14-15,18H2,1-4H3. The first kappa shape index (κ1) is 20.1. The Morgan fingerprint density at radius 2 is 1.65 bits per heavy atom. The molecule has 160 valence electrons. The van der Waals surface area contributed by atoms with Gasteiger partial charge in [0.25, 0.3) is 0 Å². The summed E-state index contributed by atoms with van der Waals surface area (Å²) in [6, 6.07) is 15.8. The van der Waals surface area contributed by atoms with Crippen molar-refractivity contribution in [2.75, 3.05) is 0 Å². The van der Waals surface area contributed by atoms with Crippen LogP contribution in [0.2, 0.25) is 0 Å². The predicted octanol–water partition coefficient (Wildman–Crippen LogP) is 7.86. The van der Waals surface area contributed by atoms with E-state index >= 15 is 0 Å². The number of rotatable bonds is 4. The summed E-state index contributed by atoms with van der Waals surface area (Å²) in [4.78, 5) is 0. The summed E-state index contributed by atoms with van der Waals surface area (Å²) >= 11 is 0. The van der Waals surface area contributed by atoms with Crippen LogP contribution in [0.15, 0.2) is 53.2 Å². The lowest BCUT2D eigenvalue weighted by Crippen LogP contribution is -2.25. The fourth-order valence-corrected chi connectivity index (χ4v) is 5.41. The van der Waals surface area contributed by atoms with E-state index in [2.05, 4.69) is 72.2 Å². The van der Waals surface area contributed by atoms with E-state index in [4.69, 9.17) is 4.52 Å². The summed E-state index contributed by atoms with van der Waals surface area (Å²) in [5.74, 6) is 0.882. The molecule has 1 fully saturated rings. The van der Waals surface area contributed by atoms with Crippen LogP contribution in [0, 0.1) is 26.2 Å². The third-order valence-electron chi connectivity index (χ3n) is 7.18. The Bertz CT molecular complexity index is 1200. The van der Waals surface area contributed by atoms with Crippen LogP contribution in [0.4, 0.5) is 0 Å². The van der Waals surface area contributed by atoms with Gasteiger partial charge < -0.3 is 9.09 Å². The zero-order valence-electron chi connectivity index (χ0n) is 19.2. The molecule has 1 aliphatic carbocycles. The highest BCUT2D eigenvalue weighted by atomic mass is 16.5. The SMILES string of the molecule is Cc1ccc(-c2cn(CC3(C)CCCCC3)c3cc(-c4c(C)noc4C)ccc23)cc1. The Morgan fingerprint density at radius 3 is 2.32 bits per heavy atom. The summed E-state index contributed by atoms with van der Waals surface area (Å²) in [6.45, 7) is 9.71. The lowest BCUT2D eigenvalue weighted by atomic mass is 9.75. The Kier molecular flexibility index (Phi) is 5.00. The van der Waals surface area contributed by atoms with Crippen LogP contribution in [-0.2, 0) is 6.54 Å². The summed E-state index contributed by atoms with van der Waals surface area (Å²) < 4.78 is 7.97. The van der Waals surface area contributed by atoms with E-state index in [-0.39, 0.29) is 0 Å². The number of benzene rings is 2. The van der Waals surface area contributed by atoms with Gasteiger partial charge in [0, 0.05) is 34.8 Å². The first-order valence-electron chi connectivity index (χ1n) is 11.6. The van der Waals surface area contributed by atoms with E-state index in [1.807, 2.05) is 13.8 Å². The van der Waals surface area contributed by atoms with Gasteiger partial charge >= 0.3 is 0 Å². The summed E-state index contributed by atoms with van der Waals surface area (Å²) in [6.07, 6.45) is 9.10. The number of hydrogen-bond acceptors (Lipinski definition) is 2. The van der Waals surface area contributed by atoms with Crippen LogP contribution in [0.5, 0.6) is 0 Å². The summed E-state index contributed by atoms with van der Waals surface area (Å²) in [7, 11) is 0. The lowest BCUT2D eigenvalue weighted by Gasteiger charge is -2.34. The summed E-state index contributed by atoms with van der Waals surface area (Å²) in [5, 5.41) is 5.50. The van der Waals surface area contributed by atoms with Gasteiger partial charge in [-0.1, -0.05) is 73.3 Å². The smallest absolute Gasteiger partial charge is 0.141 e. The molecule has 3 nitrogen and oxygen atoms in total. The van der Waals surface area contributed by atoms with E-state index in [9.17, 15) is 0 Å². The zero-order valence-corrected chi connectivity index (χ0v) is 19.2. The van der Waals surface area contributed by atoms with Gasteiger partial charge in [0.15, 0.2) is 0 Å². The van der Waals surface area contributed by atoms with E-state index in [1.165, 1.54) is 65.3 Å². The Labute approximate surface area is 185 Å². The molecule has 0 amide bonds. The maximum Gasteiger partial charge on any atom is 0.141 e. The van der Waals surface area contributed by atoms with Gasteiger partial charge in [0.2, 0.25) is 0 Å². The van der Waals surface area contributed by atoms with Crippen molar-refractivity contribution in [1.29, 1.82) is 0 Å². The average Bonchev–Trinajstić information content (AvgIpc) is 3.28. The molecule has 0 aliphatic heterocycles. The van der Waals surface area contributed by atoms with Crippen LogP contribution >= 0.6 is 0 Å². The maximum absolute atomic E-state index is 5.46. The minimum absolute atomic E-state index is 0.369. The second-order valence-electron chi connectivity index (χ2n) is 9.84. The fourth-order valence-electron chi connectivity index (χ4n) is 5.41. The van der Waals surface area contributed by atoms with Crippen LogP contribution < -0.4 is 0 Å². The number of aryl methyl sites for hydroxylation is 3. The molecule has 0 atom stereocenters. The van der Waals surface area contributed by atoms with E-state index in [0.29, 0.717) is 5.41 Å². The van der Waals surface area contributed by atoms with Crippen molar-refractivity contribution in [3.63, 3.8) is 0 Å². The van der Waals surface area contributed by atoms with Crippen molar-refractivity contribution in [3.05, 3.63) is 65.7 Å². The molecule has 0 unspecified atom stereocenters. The molecule has 0 radical (unpaired) electrons. The first-order chi connectivity index (χ1) is 14.9. The molecule has 5 rings (SSSR count). The minimum atomic E-state index is 0.369. The molecule has 0 spiro atoms. The van der Waals surface area contributed by atoms with Gasteiger partial charge in [0.1, 0.15) is 5.76 Å². The van der Waals surface area contributed by atoms with Crippen LogP contribution in [0.3, 0.4) is 0 Å². The molecule has 1 aliphatic rings. The third kappa shape index (κ3) is 3.71. The van der Waals surface area contributed by atoms with Crippen molar-refractivity contribution in [2.45, 2.75) is 66.3 Å². The highest BCUT2D eigenvalue weighted by Gasteiger charge is 2.28. The number of hydrogen-bond donors (Lipinski definition) is 0. The number of fused-ring (bicyclic) bond motifs is 1. The van der Waals surface area contributed by atoms with Gasteiger partial charge in [-0.2, -0.15) is 0 Å². The molecule has 31 heavy (non-hydrogen) atoms. The van der Waals surface area contributed by atoms with Gasteiger partial charge in [-0.05, 0) is 56.2 Å². The molecule has 3 heteroatoms. The van der Waals surface area contributed by atoms with Crippen LogP contribution in [0.1, 0.15) is 56.0 Å². The molecule has 1 saturated carbocycles. The van der Waals surface area contributed by atoms with E-state index < -0.39 is 0 Å². The normalized spacial score (nSPS) is 16.1. The van der Waals surface area contributed by atoms with Crippen molar-refractivity contribution >= 4 is 10.9 Å². The van der Waals surface area contributed by atoms with Gasteiger partial charge in [0.05, 0.1) is 5.69 Å². The second-order valence-corrected chi connectivity index (χ2v) is 9.84. The predicted molar refractivity (Wildman–Crippen MR) is 128 cm³/mol. The molecule has 2 aromatic heterocycles. The largest absolute Gasteiger partial charge is 0.361 e. The number of aromatic nitrogens is 2. The molecule has 0 bridgehead atoms. The topological polar surface area (TPSA) is 31.0 Å². The molecule has 0 saturated heterocycles. The zero-order chi connectivity index (χ0) is 21.6. The molecule has 2 heterocycles. The molecule has 4 aromatic rings. The molecule has 0 N–H and O–H groups in total. The second kappa shape index (κ2) is 7.71. The van der Waals surface area contributed by atoms with Crippen molar-refractivity contribution in [3.8, 4) is 22.3 Å². The van der Waals surface area contributed by atoms with Crippen molar-refractivity contribution < 1.29 is 4.52 Å². The van der Waals surface area contributed by atoms with Crippen molar-refractivity contribution in [2.24, 2.45) is 5.41 Å². The molecule has 2 aromatic carbocycles. The fraction of sp³-hybridized carbons (Fsp3) is 0.393. The Hall–Kier alpha value is -2.81. The first-order valence-corrected chi connectivity index (χ1v) is 11.6.